The van der Waals surface area contributed by atoms with E-state index in [9.17, 15) is 9.00 Å². The topological polar surface area (TPSA) is 57.6 Å². The molecule has 1 saturated heterocycles. The summed E-state index contributed by atoms with van der Waals surface area (Å²) < 4.78 is 19.0. The van der Waals surface area contributed by atoms with Gasteiger partial charge >= 0.3 is 0 Å². The third-order valence-corrected chi connectivity index (χ3v) is 2.48. The van der Waals surface area contributed by atoms with Gasteiger partial charge in [-0.05, 0) is 0 Å². The molecule has 1 heterocycles. The standard InChI is InChI=1S/C5H9NO3S/c1-6-3-4(10(8)9)2-5(6)7/h4H,2-3H2,1H3,(H,8,9). The van der Waals surface area contributed by atoms with E-state index in [1.54, 1.807) is 7.05 Å². The highest BCUT2D eigenvalue weighted by molar-refractivity contribution is 7.80. The van der Waals surface area contributed by atoms with Crippen LogP contribution in [-0.4, -0.2) is 38.4 Å². The van der Waals surface area contributed by atoms with Crippen molar-refractivity contribution in [2.45, 2.75) is 11.7 Å². The summed E-state index contributed by atoms with van der Waals surface area (Å²) in [6.45, 7) is 0.405. The molecule has 0 aromatic heterocycles. The molecule has 1 rings (SSSR count). The monoisotopic (exact) mass is 163 g/mol. The average molecular weight is 163 g/mol. The van der Waals surface area contributed by atoms with Crippen LogP contribution in [0.3, 0.4) is 0 Å². The molecule has 0 aromatic carbocycles. The third kappa shape index (κ3) is 1.35. The van der Waals surface area contributed by atoms with Gasteiger partial charge < -0.3 is 9.45 Å². The molecule has 5 heteroatoms. The van der Waals surface area contributed by atoms with Gasteiger partial charge in [0.1, 0.15) is 0 Å². The predicted molar refractivity (Wildman–Crippen MR) is 36.8 cm³/mol. The third-order valence-electron chi connectivity index (χ3n) is 1.59. The number of hydrogen-bond donors (Lipinski definition) is 1. The molecule has 1 aliphatic heterocycles. The van der Waals surface area contributed by atoms with Gasteiger partial charge in [-0.3, -0.25) is 4.79 Å². The lowest BCUT2D eigenvalue weighted by atomic mass is 10.4. The van der Waals surface area contributed by atoms with E-state index in [2.05, 4.69) is 0 Å². The van der Waals surface area contributed by atoms with Crippen LogP contribution in [-0.2, 0) is 15.9 Å². The van der Waals surface area contributed by atoms with Gasteiger partial charge in [-0.2, -0.15) is 0 Å². The molecule has 0 aromatic rings. The van der Waals surface area contributed by atoms with Crippen LogP contribution in [0.2, 0.25) is 0 Å². The molecule has 58 valence electrons. The molecule has 1 amide bonds. The second-order valence-corrected chi connectivity index (χ2v) is 3.60. The van der Waals surface area contributed by atoms with Crippen molar-refractivity contribution in [1.29, 1.82) is 0 Å². The Morgan fingerprint density at radius 3 is 2.60 bits per heavy atom. The van der Waals surface area contributed by atoms with Crippen molar-refractivity contribution in [3.63, 3.8) is 0 Å². The highest BCUT2D eigenvalue weighted by atomic mass is 32.2. The molecule has 1 aliphatic rings. The Morgan fingerprint density at radius 1 is 1.80 bits per heavy atom. The van der Waals surface area contributed by atoms with Crippen molar-refractivity contribution >= 4 is 17.0 Å². The number of likely N-dealkylation sites (tertiary alicyclic amines) is 1. The zero-order valence-corrected chi connectivity index (χ0v) is 6.43. The number of amides is 1. The Balaban J connectivity index is 2.57. The van der Waals surface area contributed by atoms with Gasteiger partial charge in [0.2, 0.25) is 5.91 Å². The van der Waals surface area contributed by atoms with Gasteiger partial charge in [-0.15, -0.1) is 0 Å². The van der Waals surface area contributed by atoms with Crippen LogP contribution >= 0.6 is 0 Å². The first-order valence-corrected chi connectivity index (χ1v) is 4.12. The van der Waals surface area contributed by atoms with E-state index in [4.69, 9.17) is 4.55 Å². The minimum absolute atomic E-state index is 0.0487. The molecule has 4 nitrogen and oxygen atoms in total. The summed E-state index contributed by atoms with van der Waals surface area (Å²) in [5.74, 6) is -0.0487. The van der Waals surface area contributed by atoms with Crippen molar-refractivity contribution in [1.82, 2.24) is 4.90 Å². The first-order chi connectivity index (χ1) is 4.61. The Morgan fingerprint density at radius 2 is 2.40 bits per heavy atom. The molecule has 1 N–H and O–H groups in total. The molecular formula is C5H9NO3S. The van der Waals surface area contributed by atoms with E-state index < -0.39 is 11.1 Å². The Labute approximate surface area is 61.5 Å². The maximum atomic E-state index is 10.8. The van der Waals surface area contributed by atoms with Gasteiger partial charge in [-0.25, -0.2) is 4.21 Å². The van der Waals surface area contributed by atoms with Gasteiger partial charge in [0.25, 0.3) is 0 Å². The second kappa shape index (κ2) is 2.67. The summed E-state index contributed by atoms with van der Waals surface area (Å²) in [6, 6.07) is 0. The molecule has 0 saturated carbocycles. The fourth-order valence-corrected chi connectivity index (χ4v) is 1.59. The number of carbonyl (C=O) groups is 1. The summed E-state index contributed by atoms with van der Waals surface area (Å²) in [5.41, 5.74) is 0. The van der Waals surface area contributed by atoms with Crippen LogP contribution in [0.5, 0.6) is 0 Å². The van der Waals surface area contributed by atoms with Crippen LogP contribution < -0.4 is 0 Å². The van der Waals surface area contributed by atoms with Crippen molar-refractivity contribution in [2.75, 3.05) is 13.6 Å². The molecule has 10 heavy (non-hydrogen) atoms. The van der Waals surface area contributed by atoms with Crippen LogP contribution in [0, 0.1) is 0 Å². The normalized spacial score (nSPS) is 29.2. The first-order valence-electron chi connectivity index (χ1n) is 2.95. The lowest BCUT2D eigenvalue weighted by Crippen LogP contribution is -2.21. The summed E-state index contributed by atoms with van der Waals surface area (Å²) in [6.07, 6.45) is 0.208. The predicted octanol–water partition coefficient (Wildman–Crippen LogP) is -0.561. The lowest BCUT2D eigenvalue weighted by molar-refractivity contribution is -0.126. The maximum Gasteiger partial charge on any atom is 0.223 e. The zero-order chi connectivity index (χ0) is 7.72. The fraction of sp³-hybridized carbons (Fsp3) is 0.800. The summed E-state index contributed by atoms with van der Waals surface area (Å²) in [4.78, 5) is 12.2. The number of carbonyl (C=O) groups excluding carboxylic acids is 1. The van der Waals surface area contributed by atoms with Crippen molar-refractivity contribution in [3.8, 4) is 0 Å². The first kappa shape index (κ1) is 7.68. The van der Waals surface area contributed by atoms with Gasteiger partial charge in [0.05, 0.1) is 5.25 Å². The minimum atomic E-state index is -1.84. The minimum Gasteiger partial charge on any atom is -0.344 e. The van der Waals surface area contributed by atoms with E-state index in [0.29, 0.717) is 6.54 Å². The molecule has 2 unspecified atom stereocenters. The van der Waals surface area contributed by atoms with E-state index in [0.717, 1.165) is 0 Å². The smallest absolute Gasteiger partial charge is 0.223 e. The highest BCUT2D eigenvalue weighted by Gasteiger charge is 2.30. The molecule has 0 radical (unpaired) electrons. The quantitative estimate of drug-likeness (QED) is 0.527. The lowest BCUT2D eigenvalue weighted by Gasteiger charge is -2.05. The summed E-state index contributed by atoms with van der Waals surface area (Å²) in [7, 11) is 1.63. The molecule has 0 aliphatic carbocycles. The van der Waals surface area contributed by atoms with Crippen LogP contribution in [0.25, 0.3) is 0 Å². The number of nitrogens with zero attached hydrogens (tertiary/aromatic N) is 1. The molecule has 0 spiro atoms. The van der Waals surface area contributed by atoms with Crippen molar-refractivity contribution in [3.05, 3.63) is 0 Å². The number of hydrogen-bond acceptors (Lipinski definition) is 2. The fourth-order valence-electron chi connectivity index (χ4n) is 0.957. The molecule has 1 fully saturated rings. The van der Waals surface area contributed by atoms with E-state index in [1.165, 1.54) is 4.90 Å². The largest absolute Gasteiger partial charge is 0.344 e. The molecule has 2 atom stereocenters. The summed E-state index contributed by atoms with van der Waals surface area (Å²) in [5, 5.41) is -0.377. The van der Waals surface area contributed by atoms with E-state index in [-0.39, 0.29) is 17.6 Å². The summed E-state index contributed by atoms with van der Waals surface area (Å²) >= 11 is -1.84. The average Bonchev–Trinajstić information content (AvgIpc) is 2.13. The van der Waals surface area contributed by atoms with Crippen molar-refractivity contribution < 1.29 is 13.6 Å². The van der Waals surface area contributed by atoms with Crippen molar-refractivity contribution in [2.24, 2.45) is 0 Å². The van der Waals surface area contributed by atoms with Gasteiger partial charge in [0.15, 0.2) is 11.1 Å². The Kier molecular flexibility index (Phi) is 2.05. The van der Waals surface area contributed by atoms with Crippen LogP contribution in [0.1, 0.15) is 6.42 Å². The number of rotatable bonds is 1. The van der Waals surface area contributed by atoms with Crippen LogP contribution in [0.4, 0.5) is 0 Å². The van der Waals surface area contributed by atoms with E-state index in [1.807, 2.05) is 0 Å². The Bertz CT molecular complexity index is 182. The SMILES string of the molecule is CN1CC(S(=O)O)CC1=O. The van der Waals surface area contributed by atoms with Gasteiger partial charge in [0, 0.05) is 20.0 Å². The molecular weight excluding hydrogens is 154 g/mol. The molecule has 0 bridgehead atoms. The van der Waals surface area contributed by atoms with Gasteiger partial charge in [-0.1, -0.05) is 0 Å². The Hall–Kier alpha value is -0.420. The van der Waals surface area contributed by atoms with E-state index >= 15 is 0 Å². The second-order valence-electron chi connectivity index (χ2n) is 2.38. The highest BCUT2D eigenvalue weighted by Crippen LogP contribution is 2.12. The zero-order valence-electron chi connectivity index (χ0n) is 5.61. The maximum absolute atomic E-state index is 10.8. The van der Waals surface area contributed by atoms with Crippen LogP contribution in [0.15, 0.2) is 0 Å².